The number of phenolic OH excluding ortho intramolecular Hbond substituents is 1. The number of hydrogen-bond acceptors (Lipinski definition) is 2. The van der Waals surface area contributed by atoms with Gasteiger partial charge in [-0.25, -0.2) is 0 Å². The topological polar surface area (TPSA) is 29.5 Å². The monoisotopic (exact) mass is 236 g/mol. The Balaban J connectivity index is 0.000000181. The molecule has 88 valence electrons. The predicted octanol–water partition coefficient (Wildman–Crippen LogP) is 2.42. The molecule has 0 bridgehead atoms. The molecular formula is C13H20O2Si. The number of rotatable bonds is 2. The molecule has 2 nitrogen and oxygen atoms in total. The number of allylic oxidation sites excluding steroid dienone is 1. The molecule has 0 saturated carbocycles. The van der Waals surface area contributed by atoms with Gasteiger partial charge in [0.15, 0.2) is 9.76 Å². The molecule has 0 spiro atoms. The molecule has 3 heteroatoms. The number of hydrogen-bond donors (Lipinski definition) is 1. The summed E-state index contributed by atoms with van der Waals surface area (Å²) >= 11 is 0. The molecule has 1 N–H and O–H groups in total. The molecule has 0 unspecified atom stereocenters. The first kappa shape index (κ1) is 13.0. The van der Waals surface area contributed by atoms with Gasteiger partial charge < -0.3 is 9.53 Å². The fraction of sp³-hybridized carbons (Fsp3) is 0.385. The average Bonchev–Trinajstić information content (AvgIpc) is 2.35. The van der Waals surface area contributed by atoms with Gasteiger partial charge in [-0.15, -0.1) is 6.58 Å². The van der Waals surface area contributed by atoms with E-state index < -0.39 is 0 Å². The Bertz CT molecular complexity index is 280. The van der Waals surface area contributed by atoms with Crippen LogP contribution in [-0.2, 0) is 10.8 Å². The summed E-state index contributed by atoms with van der Waals surface area (Å²) in [6, 6.07) is 8.55. The van der Waals surface area contributed by atoms with Crippen LogP contribution in [0, 0.1) is 0 Å². The van der Waals surface area contributed by atoms with Crippen molar-refractivity contribution < 1.29 is 9.53 Å². The lowest BCUT2D eigenvalue weighted by Gasteiger charge is -2.07. The second kappa shape index (κ2) is 8.13. The number of aromatic hydroxyl groups is 1. The maximum absolute atomic E-state index is 8.90. The summed E-state index contributed by atoms with van der Waals surface area (Å²) < 4.78 is 5.21. The van der Waals surface area contributed by atoms with Crippen LogP contribution in [0.1, 0.15) is 18.4 Å². The first-order chi connectivity index (χ1) is 7.83. The highest BCUT2D eigenvalue weighted by Crippen LogP contribution is 2.09. The highest BCUT2D eigenvalue weighted by Gasteiger charge is 1.96. The first-order valence-corrected chi connectivity index (χ1v) is 7.37. The minimum atomic E-state index is 0.00849. The largest absolute Gasteiger partial charge is 0.508 e. The van der Waals surface area contributed by atoms with E-state index in [4.69, 9.17) is 9.53 Å². The van der Waals surface area contributed by atoms with Gasteiger partial charge >= 0.3 is 0 Å². The highest BCUT2D eigenvalue weighted by molar-refractivity contribution is 6.27. The molecule has 1 saturated heterocycles. The van der Waals surface area contributed by atoms with Crippen LogP contribution in [0.4, 0.5) is 0 Å². The zero-order chi connectivity index (χ0) is 11.6. The summed E-state index contributed by atoms with van der Waals surface area (Å²) in [7, 11) is 0.00849. The third-order valence-electron chi connectivity index (χ3n) is 2.39. The summed E-state index contributed by atoms with van der Waals surface area (Å²) in [6.07, 6.45) is 5.45. The maximum atomic E-state index is 8.90. The van der Waals surface area contributed by atoms with E-state index in [0.717, 1.165) is 13.0 Å². The molecule has 1 heterocycles. The van der Waals surface area contributed by atoms with E-state index in [2.05, 4.69) is 6.58 Å². The number of phenols is 1. The van der Waals surface area contributed by atoms with E-state index in [0.29, 0.717) is 5.75 Å². The van der Waals surface area contributed by atoms with Crippen LogP contribution in [0.5, 0.6) is 5.75 Å². The van der Waals surface area contributed by atoms with Gasteiger partial charge in [0, 0.05) is 6.61 Å². The lowest BCUT2D eigenvalue weighted by Crippen LogP contribution is -2.06. The van der Waals surface area contributed by atoms with Crippen LogP contribution in [0.3, 0.4) is 0 Å². The standard InChI is InChI=1S/C9H10O.C4H10OSi/c1-2-3-8-4-6-9(10)7-5-8;1-2-4-6-5-3-1/h2,4-7,10H,1,3H2;1-4,6H2. The lowest BCUT2D eigenvalue weighted by atomic mass is 10.1. The lowest BCUT2D eigenvalue weighted by molar-refractivity contribution is 0.304. The van der Waals surface area contributed by atoms with E-state index in [-0.39, 0.29) is 9.76 Å². The summed E-state index contributed by atoms with van der Waals surface area (Å²) in [5, 5.41) is 8.90. The summed E-state index contributed by atoms with van der Waals surface area (Å²) in [5.74, 6) is 0.313. The summed E-state index contributed by atoms with van der Waals surface area (Å²) in [4.78, 5) is 0. The zero-order valence-corrected chi connectivity index (χ0v) is 11.1. The van der Waals surface area contributed by atoms with Crippen molar-refractivity contribution in [3.8, 4) is 5.75 Å². The predicted molar refractivity (Wildman–Crippen MR) is 70.5 cm³/mol. The van der Waals surface area contributed by atoms with Crippen molar-refractivity contribution >= 4 is 9.76 Å². The van der Waals surface area contributed by atoms with E-state index >= 15 is 0 Å². The molecule has 1 fully saturated rings. The Hall–Kier alpha value is -1.06. The number of benzene rings is 1. The van der Waals surface area contributed by atoms with Gasteiger partial charge in [-0.3, -0.25) is 0 Å². The van der Waals surface area contributed by atoms with E-state index in [1.165, 1.54) is 24.4 Å². The van der Waals surface area contributed by atoms with Crippen molar-refractivity contribution in [2.45, 2.75) is 25.3 Å². The minimum Gasteiger partial charge on any atom is -0.508 e. The minimum absolute atomic E-state index is 0.00849. The van der Waals surface area contributed by atoms with Gasteiger partial charge in [-0.2, -0.15) is 0 Å². The van der Waals surface area contributed by atoms with Crippen molar-refractivity contribution in [3.05, 3.63) is 42.5 Å². The molecule has 1 aromatic rings. The Morgan fingerprint density at radius 2 is 2.06 bits per heavy atom. The van der Waals surface area contributed by atoms with Crippen LogP contribution in [-0.4, -0.2) is 21.5 Å². The molecule has 2 rings (SSSR count). The fourth-order valence-corrected chi connectivity index (χ4v) is 2.66. The van der Waals surface area contributed by atoms with Crippen molar-refractivity contribution in [3.63, 3.8) is 0 Å². The molecule has 0 amide bonds. The first-order valence-electron chi connectivity index (χ1n) is 5.79. The molecule has 1 aliphatic heterocycles. The molecule has 1 aromatic carbocycles. The smallest absolute Gasteiger partial charge is 0.161 e. The van der Waals surface area contributed by atoms with Gasteiger partial charge in [0.25, 0.3) is 0 Å². The van der Waals surface area contributed by atoms with Crippen LogP contribution < -0.4 is 0 Å². The van der Waals surface area contributed by atoms with Gasteiger partial charge in [-0.05, 0) is 36.6 Å². The van der Waals surface area contributed by atoms with E-state index in [1.54, 1.807) is 12.1 Å². The molecule has 0 atom stereocenters. The van der Waals surface area contributed by atoms with Gasteiger partial charge in [0.1, 0.15) is 5.75 Å². The van der Waals surface area contributed by atoms with Gasteiger partial charge in [-0.1, -0.05) is 24.6 Å². The quantitative estimate of drug-likeness (QED) is 0.631. The maximum Gasteiger partial charge on any atom is 0.161 e. The molecule has 0 radical (unpaired) electrons. The highest BCUT2D eigenvalue weighted by atomic mass is 28.2. The SMILES string of the molecule is C1CC[SiH2]OC1.C=CCc1ccc(O)cc1. The van der Waals surface area contributed by atoms with Crippen molar-refractivity contribution in [2.24, 2.45) is 0 Å². The Morgan fingerprint density at radius 1 is 1.31 bits per heavy atom. The van der Waals surface area contributed by atoms with Gasteiger partial charge in [0.2, 0.25) is 0 Å². The van der Waals surface area contributed by atoms with Crippen molar-refractivity contribution in [1.29, 1.82) is 0 Å². The third kappa shape index (κ3) is 5.73. The van der Waals surface area contributed by atoms with Crippen LogP contribution >= 0.6 is 0 Å². The van der Waals surface area contributed by atoms with Crippen molar-refractivity contribution in [2.75, 3.05) is 6.61 Å². The average molecular weight is 236 g/mol. The second-order valence-corrected chi connectivity index (χ2v) is 5.36. The molecule has 16 heavy (non-hydrogen) atoms. The normalized spacial score (nSPS) is 16.2. The van der Waals surface area contributed by atoms with Crippen LogP contribution in [0.15, 0.2) is 36.9 Å². The Morgan fingerprint density at radius 3 is 2.44 bits per heavy atom. The molecule has 0 aromatic heterocycles. The Kier molecular flexibility index (Phi) is 6.61. The second-order valence-electron chi connectivity index (χ2n) is 3.83. The molecule has 0 aliphatic carbocycles. The third-order valence-corrected chi connectivity index (χ3v) is 3.76. The van der Waals surface area contributed by atoms with Crippen LogP contribution in [0.2, 0.25) is 6.04 Å². The van der Waals surface area contributed by atoms with Crippen molar-refractivity contribution in [1.82, 2.24) is 0 Å². The van der Waals surface area contributed by atoms with Gasteiger partial charge in [0.05, 0.1) is 0 Å². The van der Waals surface area contributed by atoms with Crippen LogP contribution in [0.25, 0.3) is 0 Å². The van der Waals surface area contributed by atoms with E-state index in [9.17, 15) is 0 Å². The zero-order valence-electron chi connectivity index (χ0n) is 9.69. The fourth-order valence-electron chi connectivity index (χ4n) is 1.49. The summed E-state index contributed by atoms with van der Waals surface area (Å²) in [5.41, 5.74) is 1.17. The summed E-state index contributed by atoms with van der Waals surface area (Å²) in [6.45, 7) is 4.68. The van der Waals surface area contributed by atoms with E-state index in [1.807, 2.05) is 18.2 Å². The Labute approximate surface area is 99.9 Å². The molecule has 1 aliphatic rings. The molecular weight excluding hydrogens is 216 g/mol.